The number of guanidine groups is 1. The maximum atomic E-state index is 5.74. The molecule has 0 saturated heterocycles. The molecule has 0 aliphatic rings. The van der Waals surface area contributed by atoms with Gasteiger partial charge in [0, 0.05) is 36.5 Å². The smallest absolute Gasteiger partial charge is 0.191 e. The van der Waals surface area contributed by atoms with E-state index in [9.17, 15) is 0 Å². The molecule has 7 heteroatoms. The molecule has 0 atom stereocenters. The number of aromatic nitrogens is 1. The zero-order valence-corrected chi connectivity index (χ0v) is 19.9. The van der Waals surface area contributed by atoms with E-state index >= 15 is 0 Å². The maximum absolute atomic E-state index is 5.74. The lowest BCUT2D eigenvalue weighted by Crippen LogP contribution is -2.36. The molecule has 0 amide bonds. The van der Waals surface area contributed by atoms with Gasteiger partial charge in [-0.2, -0.15) is 0 Å². The number of rotatable bonds is 7. The maximum Gasteiger partial charge on any atom is 0.191 e. The Morgan fingerprint density at radius 1 is 1.14 bits per heavy atom. The quantitative estimate of drug-likeness (QED) is 0.345. The molecule has 0 aliphatic carbocycles. The second-order valence-corrected chi connectivity index (χ2v) is 6.37. The number of pyridine rings is 1. The highest BCUT2D eigenvalue weighted by Crippen LogP contribution is 2.24. The van der Waals surface area contributed by atoms with E-state index in [-0.39, 0.29) is 24.0 Å². The molecule has 0 spiro atoms. The van der Waals surface area contributed by atoms with Crippen molar-refractivity contribution in [1.82, 2.24) is 15.6 Å². The van der Waals surface area contributed by atoms with Crippen LogP contribution in [0.4, 0.5) is 0 Å². The highest BCUT2D eigenvalue weighted by atomic mass is 127. The number of aliphatic imine (C=N–C) groups is 1. The second-order valence-electron chi connectivity index (χ2n) is 6.37. The topological polar surface area (TPSA) is 67.8 Å². The molecule has 2 aromatic rings. The molecule has 6 nitrogen and oxygen atoms in total. The third kappa shape index (κ3) is 6.25. The summed E-state index contributed by atoms with van der Waals surface area (Å²) in [5.74, 6) is 2.49. The Morgan fingerprint density at radius 3 is 2.50 bits per heavy atom. The normalized spacial score (nSPS) is 10.9. The van der Waals surface area contributed by atoms with Gasteiger partial charge in [0.1, 0.15) is 11.5 Å². The molecule has 0 bridgehead atoms. The Hall–Kier alpha value is -2.03. The first kappa shape index (κ1) is 24.0. The van der Waals surface area contributed by atoms with Crippen LogP contribution in [0.3, 0.4) is 0 Å². The number of hydrogen-bond donors (Lipinski definition) is 2. The fourth-order valence-electron chi connectivity index (χ4n) is 2.91. The average molecular weight is 498 g/mol. The fourth-order valence-corrected chi connectivity index (χ4v) is 2.91. The summed E-state index contributed by atoms with van der Waals surface area (Å²) >= 11 is 0. The van der Waals surface area contributed by atoms with Crippen LogP contribution in [0.25, 0.3) is 0 Å². The molecule has 0 saturated carbocycles. The molecular formula is C21H31IN4O2. The number of ether oxygens (including phenoxy) is 2. The summed E-state index contributed by atoms with van der Waals surface area (Å²) in [6.45, 7) is 9.90. The first-order valence-electron chi connectivity index (χ1n) is 9.16. The van der Waals surface area contributed by atoms with Crippen LogP contribution in [-0.4, -0.2) is 31.7 Å². The molecule has 2 N–H and O–H groups in total. The zero-order valence-electron chi connectivity index (χ0n) is 17.5. The van der Waals surface area contributed by atoms with Gasteiger partial charge in [-0.25, -0.2) is 0 Å². The van der Waals surface area contributed by atoms with Crippen molar-refractivity contribution < 1.29 is 9.47 Å². The minimum Gasteiger partial charge on any atom is -0.496 e. The number of hydrogen-bond acceptors (Lipinski definition) is 4. The van der Waals surface area contributed by atoms with E-state index in [4.69, 9.17) is 9.47 Å². The Labute approximate surface area is 185 Å². The molecule has 0 radical (unpaired) electrons. The summed E-state index contributed by atoms with van der Waals surface area (Å²) in [7, 11) is 3.44. The number of nitrogens with zero attached hydrogens (tertiary/aromatic N) is 2. The van der Waals surface area contributed by atoms with Crippen molar-refractivity contribution in [3.63, 3.8) is 0 Å². The molecular weight excluding hydrogens is 467 g/mol. The largest absolute Gasteiger partial charge is 0.496 e. The third-order valence-corrected chi connectivity index (χ3v) is 4.37. The number of aryl methyl sites for hydroxylation is 2. The molecule has 1 aromatic carbocycles. The summed E-state index contributed by atoms with van der Waals surface area (Å²) in [5.41, 5.74) is 5.28. The number of halogens is 1. The van der Waals surface area contributed by atoms with E-state index in [1.165, 1.54) is 5.56 Å². The lowest BCUT2D eigenvalue weighted by Gasteiger charge is -2.16. The minimum absolute atomic E-state index is 0. The zero-order chi connectivity index (χ0) is 19.8. The van der Waals surface area contributed by atoms with Crippen LogP contribution in [0.15, 0.2) is 29.4 Å². The van der Waals surface area contributed by atoms with Gasteiger partial charge in [-0.1, -0.05) is 12.1 Å². The molecule has 0 aliphatic heterocycles. The monoisotopic (exact) mass is 498 g/mol. The highest BCUT2D eigenvalue weighted by molar-refractivity contribution is 14.0. The fraction of sp³-hybridized carbons (Fsp3) is 0.429. The molecule has 2 rings (SSSR count). The lowest BCUT2D eigenvalue weighted by atomic mass is 10.1. The van der Waals surface area contributed by atoms with Gasteiger partial charge < -0.3 is 20.1 Å². The van der Waals surface area contributed by atoms with Crippen molar-refractivity contribution in [2.75, 3.05) is 20.8 Å². The van der Waals surface area contributed by atoms with Gasteiger partial charge in [-0.15, -0.1) is 24.0 Å². The van der Waals surface area contributed by atoms with Crippen LogP contribution < -0.4 is 20.1 Å². The molecule has 154 valence electrons. The Balaban J connectivity index is 0.00000392. The summed E-state index contributed by atoms with van der Waals surface area (Å²) in [6, 6.07) is 6.22. The SMILES string of the molecule is CCOc1cc(C)ccc1CNC(=NC)NCc1ncc(C)c(OC)c1C.I. The minimum atomic E-state index is 0. The number of nitrogens with one attached hydrogen (secondary N) is 2. The van der Waals surface area contributed by atoms with Crippen molar-refractivity contribution in [3.8, 4) is 11.5 Å². The lowest BCUT2D eigenvalue weighted by molar-refractivity contribution is 0.336. The van der Waals surface area contributed by atoms with E-state index in [2.05, 4.69) is 45.7 Å². The van der Waals surface area contributed by atoms with Crippen molar-refractivity contribution >= 4 is 29.9 Å². The molecule has 1 aromatic heterocycles. The molecule has 0 unspecified atom stereocenters. The van der Waals surface area contributed by atoms with Crippen molar-refractivity contribution in [1.29, 1.82) is 0 Å². The van der Waals surface area contributed by atoms with Crippen LogP contribution in [0.2, 0.25) is 0 Å². The van der Waals surface area contributed by atoms with Gasteiger partial charge in [-0.05, 0) is 39.3 Å². The van der Waals surface area contributed by atoms with Crippen LogP contribution in [0.5, 0.6) is 11.5 Å². The first-order valence-corrected chi connectivity index (χ1v) is 9.16. The van der Waals surface area contributed by atoms with Crippen molar-refractivity contribution in [2.45, 2.75) is 40.8 Å². The Kier molecular flexibility index (Phi) is 10.1. The average Bonchev–Trinajstić information content (AvgIpc) is 2.65. The third-order valence-electron chi connectivity index (χ3n) is 4.37. The Bertz CT molecular complexity index is 809. The van der Waals surface area contributed by atoms with Crippen molar-refractivity contribution in [2.24, 2.45) is 4.99 Å². The van der Waals surface area contributed by atoms with Gasteiger partial charge in [0.2, 0.25) is 0 Å². The van der Waals surface area contributed by atoms with Gasteiger partial charge in [0.05, 0.1) is 26.0 Å². The second kappa shape index (κ2) is 11.7. The Morgan fingerprint density at radius 2 is 1.86 bits per heavy atom. The number of benzene rings is 1. The van der Waals surface area contributed by atoms with E-state index in [1.807, 2.05) is 27.0 Å². The van der Waals surface area contributed by atoms with E-state index in [0.717, 1.165) is 33.9 Å². The van der Waals surface area contributed by atoms with E-state index < -0.39 is 0 Å². The van der Waals surface area contributed by atoms with E-state index in [0.29, 0.717) is 25.7 Å². The predicted molar refractivity (Wildman–Crippen MR) is 125 cm³/mol. The van der Waals surface area contributed by atoms with Gasteiger partial charge in [-0.3, -0.25) is 9.98 Å². The van der Waals surface area contributed by atoms with Crippen LogP contribution in [0, 0.1) is 20.8 Å². The summed E-state index contributed by atoms with van der Waals surface area (Å²) in [4.78, 5) is 8.81. The summed E-state index contributed by atoms with van der Waals surface area (Å²) in [5, 5.41) is 6.64. The molecule has 0 fully saturated rings. The van der Waals surface area contributed by atoms with Crippen molar-refractivity contribution in [3.05, 3.63) is 52.3 Å². The van der Waals surface area contributed by atoms with Gasteiger partial charge in [0.25, 0.3) is 0 Å². The summed E-state index contributed by atoms with van der Waals surface area (Å²) in [6.07, 6.45) is 1.83. The van der Waals surface area contributed by atoms with Crippen LogP contribution in [0.1, 0.15) is 34.9 Å². The van der Waals surface area contributed by atoms with E-state index in [1.54, 1.807) is 14.2 Å². The molecule has 1 heterocycles. The standard InChI is InChI=1S/C21H30N4O2.HI/c1-7-27-19-10-14(2)8-9-17(19)12-24-21(22-5)25-13-18-16(4)20(26-6)15(3)11-23-18;/h8-11H,7,12-13H2,1-6H3,(H2,22,24,25);1H. The van der Waals surface area contributed by atoms with Gasteiger partial charge >= 0.3 is 0 Å². The summed E-state index contributed by atoms with van der Waals surface area (Å²) < 4.78 is 11.2. The van der Waals surface area contributed by atoms with Crippen LogP contribution >= 0.6 is 24.0 Å². The molecule has 28 heavy (non-hydrogen) atoms. The van der Waals surface area contributed by atoms with Gasteiger partial charge in [0.15, 0.2) is 5.96 Å². The first-order chi connectivity index (χ1) is 13.0. The predicted octanol–water partition coefficient (Wildman–Crippen LogP) is 3.90. The highest BCUT2D eigenvalue weighted by Gasteiger charge is 2.10. The van der Waals surface area contributed by atoms with Crippen LogP contribution in [-0.2, 0) is 13.1 Å². The number of methoxy groups -OCH3 is 1.